The van der Waals surface area contributed by atoms with E-state index in [-0.39, 0.29) is 37.5 Å². The molecule has 458 valence electrons. The lowest BCUT2D eigenvalue weighted by molar-refractivity contribution is -0.166. The Balaban J connectivity index is 4.40. The van der Waals surface area contributed by atoms with Gasteiger partial charge in [0.25, 0.3) is 0 Å². The standard InChI is InChI=1S/C75H122O6/c1-4-7-10-13-16-19-22-25-27-29-31-33-35-37-39-41-43-45-47-50-53-56-59-62-65-68-74(77)80-71-72(70-79-73(76)67-64-61-58-55-52-49-24-21-18-15-12-9-6-3)81-75(78)69-66-63-60-57-54-51-48-46-44-42-40-38-36-34-32-30-28-26-23-20-17-14-11-8-5-2/h7,9-10,12,16,18-19,21,23,25-27,30-33,37,39,43,45,49,52,58,61,72H,4-6,8,11,13-15,17,20,22,24,28-29,34-36,38,40-42,44,46-48,50-51,53-57,59-60,62-71H2,1-3H3/b10-7-,12-9-,19-16-,21-18-,26-23-,27-25-,32-30-,33-31-,39-37-,45-43-,52-49-,61-58-. The van der Waals surface area contributed by atoms with E-state index in [1.54, 1.807) is 0 Å². The van der Waals surface area contributed by atoms with Crippen molar-refractivity contribution in [3.8, 4) is 0 Å². The van der Waals surface area contributed by atoms with Crippen LogP contribution in [0.3, 0.4) is 0 Å². The van der Waals surface area contributed by atoms with E-state index in [0.717, 1.165) is 122 Å². The number of rotatable bonds is 59. The van der Waals surface area contributed by atoms with Crippen LogP contribution >= 0.6 is 0 Å². The Hall–Kier alpha value is -4.71. The summed E-state index contributed by atoms with van der Waals surface area (Å²) in [5.41, 5.74) is 0. The maximum atomic E-state index is 12.9. The van der Waals surface area contributed by atoms with Crippen LogP contribution in [0.4, 0.5) is 0 Å². The molecule has 0 saturated carbocycles. The van der Waals surface area contributed by atoms with Crippen molar-refractivity contribution in [1.29, 1.82) is 0 Å². The predicted molar refractivity (Wildman–Crippen MR) is 352 cm³/mol. The van der Waals surface area contributed by atoms with Gasteiger partial charge in [0.15, 0.2) is 6.10 Å². The maximum absolute atomic E-state index is 12.9. The number of carbonyl (C=O) groups is 3. The molecule has 6 nitrogen and oxygen atoms in total. The van der Waals surface area contributed by atoms with Crippen LogP contribution in [-0.4, -0.2) is 37.2 Å². The van der Waals surface area contributed by atoms with Crippen molar-refractivity contribution in [3.63, 3.8) is 0 Å². The van der Waals surface area contributed by atoms with E-state index < -0.39 is 6.10 Å². The minimum atomic E-state index is -0.821. The first-order chi connectivity index (χ1) is 40.0. The summed E-state index contributed by atoms with van der Waals surface area (Å²) in [5.74, 6) is -1.01. The second-order valence-electron chi connectivity index (χ2n) is 21.6. The number of allylic oxidation sites excluding steroid dienone is 24. The van der Waals surface area contributed by atoms with Crippen molar-refractivity contribution in [3.05, 3.63) is 146 Å². The number of hydrogen-bond acceptors (Lipinski definition) is 6. The molecule has 6 heteroatoms. The Morgan fingerprint density at radius 3 is 0.827 bits per heavy atom. The third-order valence-electron chi connectivity index (χ3n) is 13.8. The second-order valence-corrected chi connectivity index (χ2v) is 21.6. The molecule has 0 radical (unpaired) electrons. The molecule has 0 aliphatic heterocycles. The van der Waals surface area contributed by atoms with Gasteiger partial charge in [-0.2, -0.15) is 0 Å². The summed E-state index contributed by atoms with van der Waals surface area (Å²) < 4.78 is 16.9. The highest BCUT2D eigenvalue weighted by Gasteiger charge is 2.19. The normalized spacial score (nSPS) is 13.1. The van der Waals surface area contributed by atoms with Gasteiger partial charge in [-0.25, -0.2) is 0 Å². The van der Waals surface area contributed by atoms with E-state index in [2.05, 4.69) is 161 Å². The molecule has 0 rings (SSSR count). The molecule has 1 atom stereocenters. The van der Waals surface area contributed by atoms with E-state index in [4.69, 9.17) is 14.2 Å². The summed E-state index contributed by atoms with van der Waals surface area (Å²) in [6, 6.07) is 0. The average molecular weight is 1120 g/mol. The molecule has 0 spiro atoms. The lowest BCUT2D eigenvalue weighted by Crippen LogP contribution is -2.30. The summed E-state index contributed by atoms with van der Waals surface area (Å²) in [5, 5.41) is 0. The van der Waals surface area contributed by atoms with Crippen LogP contribution in [0.2, 0.25) is 0 Å². The zero-order valence-electron chi connectivity index (χ0n) is 52.5. The Bertz CT molecular complexity index is 1760. The molecular weight excluding hydrogens is 997 g/mol. The van der Waals surface area contributed by atoms with Crippen molar-refractivity contribution in [2.24, 2.45) is 0 Å². The van der Waals surface area contributed by atoms with Gasteiger partial charge in [0.1, 0.15) is 13.2 Å². The molecule has 0 aromatic rings. The lowest BCUT2D eigenvalue weighted by atomic mass is 10.0. The SMILES string of the molecule is CC/C=C\C/C=C\C/C=C\C/C=C\C/C=C\C/C=C\CCCCCCCCC(=O)OCC(COC(=O)CC/C=C\C/C=C\C/C=C\C/C=C\CC)OC(=O)CCCCCCCCCCCCCCC/C=C\C/C=C\CCCCCCC. The molecule has 0 saturated heterocycles. The van der Waals surface area contributed by atoms with Crippen molar-refractivity contribution in [1.82, 2.24) is 0 Å². The fraction of sp³-hybridized carbons (Fsp3) is 0.640. The predicted octanol–water partition coefficient (Wildman–Crippen LogP) is 23.1. The largest absolute Gasteiger partial charge is 0.462 e. The number of hydrogen-bond donors (Lipinski definition) is 0. The van der Waals surface area contributed by atoms with E-state index in [1.807, 2.05) is 6.08 Å². The zero-order valence-corrected chi connectivity index (χ0v) is 52.5. The van der Waals surface area contributed by atoms with Crippen LogP contribution in [0.5, 0.6) is 0 Å². The highest BCUT2D eigenvalue weighted by Crippen LogP contribution is 2.16. The number of ether oxygens (including phenoxy) is 3. The molecule has 0 aromatic heterocycles. The summed E-state index contributed by atoms with van der Waals surface area (Å²) >= 11 is 0. The van der Waals surface area contributed by atoms with Gasteiger partial charge in [-0.3, -0.25) is 14.4 Å². The monoisotopic (exact) mass is 1120 g/mol. The quantitative estimate of drug-likeness (QED) is 0.0261. The lowest BCUT2D eigenvalue weighted by Gasteiger charge is -2.18. The minimum absolute atomic E-state index is 0.113. The maximum Gasteiger partial charge on any atom is 0.306 e. The third-order valence-corrected chi connectivity index (χ3v) is 13.8. The first kappa shape index (κ1) is 76.3. The van der Waals surface area contributed by atoms with Crippen LogP contribution in [-0.2, 0) is 28.6 Å². The van der Waals surface area contributed by atoms with E-state index in [9.17, 15) is 14.4 Å². The minimum Gasteiger partial charge on any atom is -0.462 e. The van der Waals surface area contributed by atoms with Gasteiger partial charge in [0, 0.05) is 19.3 Å². The topological polar surface area (TPSA) is 78.9 Å². The van der Waals surface area contributed by atoms with Crippen molar-refractivity contribution >= 4 is 17.9 Å². The Morgan fingerprint density at radius 2 is 0.506 bits per heavy atom. The molecule has 81 heavy (non-hydrogen) atoms. The Morgan fingerprint density at radius 1 is 0.259 bits per heavy atom. The van der Waals surface area contributed by atoms with Crippen LogP contribution < -0.4 is 0 Å². The smallest absolute Gasteiger partial charge is 0.306 e. The van der Waals surface area contributed by atoms with Gasteiger partial charge >= 0.3 is 17.9 Å². The molecule has 0 heterocycles. The van der Waals surface area contributed by atoms with Crippen LogP contribution in [0.25, 0.3) is 0 Å². The number of carbonyl (C=O) groups excluding carboxylic acids is 3. The Kier molecular flexibility index (Phi) is 63.9. The molecule has 0 amide bonds. The van der Waals surface area contributed by atoms with Crippen molar-refractivity contribution in [2.75, 3.05) is 13.2 Å². The third kappa shape index (κ3) is 66.0. The molecule has 0 fully saturated rings. The van der Waals surface area contributed by atoms with Gasteiger partial charge in [-0.1, -0.05) is 289 Å². The van der Waals surface area contributed by atoms with Gasteiger partial charge in [-0.05, 0) is 128 Å². The first-order valence-electron chi connectivity index (χ1n) is 33.3. The fourth-order valence-electron chi connectivity index (χ4n) is 8.90. The van der Waals surface area contributed by atoms with E-state index in [1.165, 1.54) is 122 Å². The molecule has 0 N–H and O–H groups in total. The van der Waals surface area contributed by atoms with Crippen LogP contribution in [0.15, 0.2) is 146 Å². The second kappa shape index (κ2) is 67.8. The highest BCUT2D eigenvalue weighted by molar-refractivity contribution is 5.71. The molecule has 0 aliphatic carbocycles. The fourth-order valence-corrected chi connectivity index (χ4v) is 8.90. The number of esters is 3. The molecule has 0 aliphatic rings. The number of unbranched alkanes of at least 4 members (excludes halogenated alkanes) is 24. The van der Waals surface area contributed by atoms with Crippen LogP contribution in [0, 0.1) is 0 Å². The van der Waals surface area contributed by atoms with Crippen molar-refractivity contribution in [2.45, 2.75) is 297 Å². The van der Waals surface area contributed by atoms with Gasteiger partial charge < -0.3 is 14.2 Å². The summed E-state index contributed by atoms with van der Waals surface area (Å²) in [7, 11) is 0. The molecule has 0 bridgehead atoms. The molecular formula is C75H122O6. The summed E-state index contributed by atoms with van der Waals surface area (Å²) in [4.78, 5) is 38.3. The first-order valence-corrected chi connectivity index (χ1v) is 33.3. The summed E-state index contributed by atoms with van der Waals surface area (Å²) in [6.07, 6.45) is 97.3. The van der Waals surface area contributed by atoms with Gasteiger partial charge in [0.05, 0.1) is 0 Å². The van der Waals surface area contributed by atoms with E-state index in [0.29, 0.717) is 19.3 Å². The van der Waals surface area contributed by atoms with E-state index >= 15 is 0 Å². The highest BCUT2D eigenvalue weighted by atomic mass is 16.6. The van der Waals surface area contributed by atoms with Crippen LogP contribution in [0.1, 0.15) is 290 Å². The van der Waals surface area contributed by atoms with Crippen molar-refractivity contribution < 1.29 is 28.6 Å². The zero-order chi connectivity index (χ0) is 58.5. The van der Waals surface area contributed by atoms with Gasteiger partial charge in [0.2, 0.25) is 0 Å². The summed E-state index contributed by atoms with van der Waals surface area (Å²) in [6.45, 7) is 6.33. The Labute approximate surface area is 499 Å². The average Bonchev–Trinajstić information content (AvgIpc) is 3.46. The van der Waals surface area contributed by atoms with Gasteiger partial charge in [-0.15, -0.1) is 0 Å². The molecule has 1 unspecified atom stereocenters. The molecule has 0 aromatic carbocycles.